The van der Waals surface area contributed by atoms with Gasteiger partial charge in [-0.15, -0.1) is 0 Å². The molecule has 96 valence electrons. The van der Waals surface area contributed by atoms with Crippen molar-refractivity contribution < 1.29 is 0 Å². The number of aromatic amines is 1. The summed E-state index contributed by atoms with van der Waals surface area (Å²) >= 11 is 0. The van der Waals surface area contributed by atoms with Gasteiger partial charge in [-0.2, -0.15) is 5.10 Å². The Labute approximate surface area is 112 Å². The van der Waals surface area contributed by atoms with Crippen LogP contribution in [0.5, 0.6) is 0 Å². The SMILES string of the molecule is Cc1nn(Cc2ccccc2)c(C)c1-c1cnc[nH]1. The summed E-state index contributed by atoms with van der Waals surface area (Å²) in [4.78, 5) is 7.23. The summed E-state index contributed by atoms with van der Waals surface area (Å²) in [6.45, 7) is 4.92. The van der Waals surface area contributed by atoms with Crippen molar-refractivity contribution in [2.45, 2.75) is 20.4 Å². The van der Waals surface area contributed by atoms with Gasteiger partial charge in [-0.1, -0.05) is 30.3 Å². The molecular weight excluding hydrogens is 236 g/mol. The molecule has 0 amide bonds. The third-order valence-corrected chi connectivity index (χ3v) is 3.32. The van der Waals surface area contributed by atoms with Crippen molar-refractivity contribution in [2.24, 2.45) is 0 Å². The van der Waals surface area contributed by atoms with Crippen molar-refractivity contribution in [3.63, 3.8) is 0 Å². The number of aromatic nitrogens is 4. The Morgan fingerprint density at radius 1 is 1.16 bits per heavy atom. The maximum absolute atomic E-state index is 4.63. The van der Waals surface area contributed by atoms with Crippen LogP contribution >= 0.6 is 0 Å². The van der Waals surface area contributed by atoms with Gasteiger partial charge in [0, 0.05) is 11.3 Å². The zero-order valence-corrected chi connectivity index (χ0v) is 11.1. The molecule has 0 saturated carbocycles. The number of imidazole rings is 1. The van der Waals surface area contributed by atoms with Gasteiger partial charge in [0.05, 0.1) is 30.5 Å². The van der Waals surface area contributed by atoms with E-state index in [1.165, 1.54) is 5.56 Å². The lowest BCUT2D eigenvalue weighted by atomic mass is 10.1. The van der Waals surface area contributed by atoms with Gasteiger partial charge < -0.3 is 4.98 Å². The number of nitrogens with one attached hydrogen (secondary N) is 1. The number of H-pyrrole nitrogens is 1. The lowest BCUT2D eigenvalue weighted by Crippen LogP contribution is -2.03. The third kappa shape index (κ3) is 2.17. The molecule has 4 heteroatoms. The van der Waals surface area contributed by atoms with Crippen LogP contribution in [0.25, 0.3) is 11.3 Å². The normalized spacial score (nSPS) is 10.8. The second-order valence-corrected chi connectivity index (χ2v) is 4.65. The molecule has 0 radical (unpaired) electrons. The molecular formula is C15H16N4. The maximum atomic E-state index is 4.63. The molecule has 0 fully saturated rings. The average Bonchev–Trinajstić information content (AvgIpc) is 3.01. The number of hydrogen-bond acceptors (Lipinski definition) is 2. The monoisotopic (exact) mass is 252 g/mol. The predicted molar refractivity (Wildman–Crippen MR) is 74.8 cm³/mol. The van der Waals surface area contributed by atoms with E-state index < -0.39 is 0 Å². The number of rotatable bonds is 3. The molecule has 1 N–H and O–H groups in total. The lowest BCUT2D eigenvalue weighted by molar-refractivity contribution is 0.659. The molecule has 19 heavy (non-hydrogen) atoms. The standard InChI is InChI=1S/C15H16N4/c1-11-15(14-8-16-10-17-14)12(2)19(18-11)9-13-6-4-3-5-7-13/h3-8,10H,9H2,1-2H3,(H,16,17). The topological polar surface area (TPSA) is 46.5 Å². The molecule has 0 aliphatic carbocycles. The first-order valence-electron chi connectivity index (χ1n) is 6.32. The van der Waals surface area contributed by atoms with Crippen LogP contribution in [0.1, 0.15) is 17.0 Å². The fraction of sp³-hybridized carbons (Fsp3) is 0.200. The Bertz CT molecular complexity index is 666. The second-order valence-electron chi connectivity index (χ2n) is 4.65. The zero-order valence-electron chi connectivity index (χ0n) is 11.1. The Morgan fingerprint density at radius 3 is 2.63 bits per heavy atom. The van der Waals surface area contributed by atoms with E-state index in [0.717, 1.165) is 29.2 Å². The van der Waals surface area contributed by atoms with Crippen LogP contribution in [0.15, 0.2) is 42.9 Å². The molecule has 4 nitrogen and oxygen atoms in total. The predicted octanol–water partition coefficient (Wildman–Crippen LogP) is 2.94. The Kier molecular flexibility index (Phi) is 2.91. The summed E-state index contributed by atoms with van der Waals surface area (Å²) in [6, 6.07) is 10.4. The van der Waals surface area contributed by atoms with Crippen molar-refractivity contribution in [1.82, 2.24) is 19.7 Å². The van der Waals surface area contributed by atoms with E-state index in [9.17, 15) is 0 Å². The molecule has 0 bridgehead atoms. The zero-order chi connectivity index (χ0) is 13.2. The van der Waals surface area contributed by atoms with Crippen LogP contribution in [-0.4, -0.2) is 19.7 Å². The van der Waals surface area contributed by atoms with E-state index in [1.54, 1.807) is 6.33 Å². The van der Waals surface area contributed by atoms with Crippen LogP contribution in [0.2, 0.25) is 0 Å². The van der Waals surface area contributed by atoms with E-state index >= 15 is 0 Å². The minimum Gasteiger partial charge on any atom is -0.345 e. The molecule has 3 aromatic rings. The molecule has 2 aromatic heterocycles. The molecule has 0 spiro atoms. The summed E-state index contributed by atoms with van der Waals surface area (Å²) < 4.78 is 2.04. The van der Waals surface area contributed by atoms with E-state index in [0.29, 0.717) is 0 Å². The highest BCUT2D eigenvalue weighted by atomic mass is 15.3. The van der Waals surface area contributed by atoms with E-state index in [-0.39, 0.29) is 0 Å². The molecule has 3 rings (SSSR count). The molecule has 0 aliphatic heterocycles. The number of hydrogen-bond donors (Lipinski definition) is 1. The third-order valence-electron chi connectivity index (χ3n) is 3.32. The Morgan fingerprint density at radius 2 is 1.95 bits per heavy atom. The largest absolute Gasteiger partial charge is 0.345 e. The second kappa shape index (κ2) is 4.72. The average molecular weight is 252 g/mol. The summed E-state index contributed by atoms with van der Waals surface area (Å²) in [5.74, 6) is 0. The van der Waals surface area contributed by atoms with Crippen molar-refractivity contribution in [3.05, 3.63) is 59.8 Å². The molecule has 0 aliphatic rings. The number of nitrogens with zero attached hydrogens (tertiary/aromatic N) is 3. The van der Waals surface area contributed by atoms with Crippen LogP contribution in [0.4, 0.5) is 0 Å². The lowest BCUT2D eigenvalue weighted by Gasteiger charge is -2.05. The highest BCUT2D eigenvalue weighted by molar-refractivity contribution is 5.64. The van der Waals surface area contributed by atoms with Crippen molar-refractivity contribution in [1.29, 1.82) is 0 Å². The fourth-order valence-corrected chi connectivity index (χ4v) is 2.39. The van der Waals surface area contributed by atoms with Gasteiger partial charge in [0.2, 0.25) is 0 Å². The van der Waals surface area contributed by atoms with Crippen LogP contribution in [-0.2, 0) is 6.54 Å². The van der Waals surface area contributed by atoms with Crippen LogP contribution in [0.3, 0.4) is 0 Å². The number of benzene rings is 1. The quantitative estimate of drug-likeness (QED) is 0.779. The summed E-state index contributed by atoms with van der Waals surface area (Å²) in [7, 11) is 0. The van der Waals surface area contributed by atoms with Crippen LogP contribution in [0, 0.1) is 13.8 Å². The first-order chi connectivity index (χ1) is 9.25. The highest BCUT2D eigenvalue weighted by Gasteiger charge is 2.14. The van der Waals surface area contributed by atoms with E-state index in [2.05, 4.69) is 46.3 Å². The maximum Gasteiger partial charge on any atom is 0.0924 e. The van der Waals surface area contributed by atoms with Crippen molar-refractivity contribution in [3.8, 4) is 11.3 Å². The highest BCUT2D eigenvalue weighted by Crippen LogP contribution is 2.25. The van der Waals surface area contributed by atoms with Crippen molar-refractivity contribution in [2.75, 3.05) is 0 Å². The first kappa shape index (κ1) is 11.7. The van der Waals surface area contributed by atoms with Gasteiger partial charge in [-0.3, -0.25) is 4.68 Å². The van der Waals surface area contributed by atoms with Gasteiger partial charge in [0.15, 0.2) is 0 Å². The number of aryl methyl sites for hydroxylation is 1. The Balaban J connectivity index is 1.99. The fourth-order valence-electron chi connectivity index (χ4n) is 2.39. The van der Waals surface area contributed by atoms with Crippen LogP contribution < -0.4 is 0 Å². The molecule has 0 atom stereocenters. The minimum atomic E-state index is 0.793. The van der Waals surface area contributed by atoms with Gasteiger partial charge in [-0.25, -0.2) is 4.98 Å². The minimum absolute atomic E-state index is 0.793. The molecule has 0 saturated heterocycles. The van der Waals surface area contributed by atoms with Gasteiger partial charge in [0.1, 0.15) is 0 Å². The van der Waals surface area contributed by atoms with Gasteiger partial charge in [0.25, 0.3) is 0 Å². The van der Waals surface area contributed by atoms with E-state index in [1.807, 2.05) is 23.9 Å². The van der Waals surface area contributed by atoms with Crippen molar-refractivity contribution >= 4 is 0 Å². The first-order valence-corrected chi connectivity index (χ1v) is 6.32. The van der Waals surface area contributed by atoms with E-state index in [4.69, 9.17) is 0 Å². The summed E-state index contributed by atoms with van der Waals surface area (Å²) in [5.41, 5.74) is 5.61. The van der Waals surface area contributed by atoms with Gasteiger partial charge in [-0.05, 0) is 19.4 Å². The smallest absolute Gasteiger partial charge is 0.0924 e. The molecule has 1 aromatic carbocycles. The molecule has 2 heterocycles. The molecule has 0 unspecified atom stereocenters. The van der Waals surface area contributed by atoms with Gasteiger partial charge >= 0.3 is 0 Å². The summed E-state index contributed by atoms with van der Waals surface area (Å²) in [5, 5.41) is 4.63. The summed E-state index contributed by atoms with van der Waals surface area (Å²) in [6.07, 6.45) is 3.53. The Hall–Kier alpha value is -2.36.